The monoisotopic (exact) mass is 283 g/mol. The predicted octanol–water partition coefficient (Wildman–Crippen LogP) is 4.65. The third-order valence-electron chi connectivity index (χ3n) is 3.68. The summed E-state index contributed by atoms with van der Waals surface area (Å²) in [5, 5.41) is 1.96. The van der Waals surface area contributed by atoms with Crippen LogP contribution in [0, 0.1) is 5.92 Å². The van der Waals surface area contributed by atoms with E-state index in [0.29, 0.717) is 11.8 Å². The Morgan fingerprint density at radius 1 is 1.44 bits per heavy atom. The van der Waals surface area contributed by atoms with Crippen molar-refractivity contribution in [1.82, 2.24) is 0 Å². The first-order valence-electron chi connectivity index (χ1n) is 6.80. The molecule has 18 heavy (non-hydrogen) atoms. The molecule has 1 fully saturated rings. The molecule has 1 aliphatic rings. The number of nitrogens with two attached hydrogens (primary N) is 1. The van der Waals surface area contributed by atoms with E-state index in [1.54, 1.807) is 0 Å². The summed E-state index contributed by atoms with van der Waals surface area (Å²) < 4.78 is 0. The lowest BCUT2D eigenvalue weighted by Gasteiger charge is -2.29. The molecule has 0 aliphatic heterocycles. The summed E-state index contributed by atoms with van der Waals surface area (Å²) in [7, 11) is 0. The molecule has 3 heteroatoms. The van der Waals surface area contributed by atoms with E-state index in [0.717, 1.165) is 16.2 Å². The number of thioether (sulfide) groups is 1. The predicted molar refractivity (Wildman–Crippen MR) is 82.3 cm³/mol. The van der Waals surface area contributed by atoms with Crippen LogP contribution < -0.4 is 5.73 Å². The van der Waals surface area contributed by atoms with Crippen LogP contribution in [0.25, 0.3) is 0 Å². The Labute approximate surface area is 119 Å². The lowest BCUT2D eigenvalue weighted by atomic mass is 9.91. The van der Waals surface area contributed by atoms with Gasteiger partial charge in [-0.3, -0.25) is 0 Å². The van der Waals surface area contributed by atoms with Crippen LogP contribution in [0.2, 0.25) is 5.02 Å². The van der Waals surface area contributed by atoms with Crippen molar-refractivity contribution in [2.75, 3.05) is 6.54 Å². The summed E-state index contributed by atoms with van der Waals surface area (Å²) >= 11 is 8.11. The molecule has 1 aromatic rings. The smallest absolute Gasteiger partial charge is 0.0422 e. The van der Waals surface area contributed by atoms with Gasteiger partial charge >= 0.3 is 0 Å². The second-order valence-electron chi connectivity index (χ2n) is 5.31. The number of rotatable bonds is 4. The van der Waals surface area contributed by atoms with Gasteiger partial charge in [0, 0.05) is 22.1 Å². The molecule has 0 heterocycles. The summed E-state index contributed by atoms with van der Waals surface area (Å²) in [5.74, 6) is 0.869. The van der Waals surface area contributed by atoms with Gasteiger partial charge in [0.05, 0.1) is 0 Å². The van der Waals surface area contributed by atoms with Crippen LogP contribution in [0.3, 0.4) is 0 Å². The molecule has 0 radical (unpaired) electrons. The molecule has 1 saturated carbocycles. The quantitative estimate of drug-likeness (QED) is 0.870. The average Bonchev–Trinajstić information content (AvgIpc) is 2.36. The van der Waals surface area contributed by atoms with E-state index < -0.39 is 0 Å². The SMILES string of the molecule is CC1CCCC(SC(CN)c2cccc(Cl)c2)C1. The van der Waals surface area contributed by atoms with E-state index in [9.17, 15) is 0 Å². The van der Waals surface area contributed by atoms with Gasteiger partial charge in [-0.1, -0.05) is 43.5 Å². The Balaban J connectivity index is 2.00. The van der Waals surface area contributed by atoms with E-state index in [1.807, 2.05) is 23.9 Å². The fourth-order valence-electron chi connectivity index (χ4n) is 2.71. The van der Waals surface area contributed by atoms with E-state index >= 15 is 0 Å². The molecule has 0 spiro atoms. The largest absolute Gasteiger partial charge is 0.329 e. The van der Waals surface area contributed by atoms with Gasteiger partial charge in [0.2, 0.25) is 0 Å². The number of halogens is 1. The fourth-order valence-corrected chi connectivity index (χ4v) is 4.53. The molecule has 1 aromatic carbocycles. The minimum Gasteiger partial charge on any atom is -0.329 e. The highest BCUT2D eigenvalue weighted by Crippen LogP contribution is 2.40. The van der Waals surface area contributed by atoms with Crippen molar-refractivity contribution in [1.29, 1.82) is 0 Å². The Hall–Kier alpha value is -0.180. The normalized spacial score (nSPS) is 25.9. The lowest BCUT2D eigenvalue weighted by Crippen LogP contribution is -2.19. The Morgan fingerprint density at radius 3 is 2.94 bits per heavy atom. The number of hydrogen-bond donors (Lipinski definition) is 1. The van der Waals surface area contributed by atoms with Gasteiger partial charge in [-0.25, -0.2) is 0 Å². The van der Waals surface area contributed by atoms with E-state index in [1.165, 1.54) is 31.2 Å². The highest BCUT2D eigenvalue weighted by atomic mass is 35.5. The fraction of sp³-hybridized carbons (Fsp3) is 0.600. The van der Waals surface area contributed by atoms with Crippen molar-refractivity contribution < 1.29 is 0 Å². The van der Waals surface area contributed by atoms with Gasteiger partial charge in [-0.15, -0.1) is 11.8 Å². The molecule has 100 valence electrons. The van der Waals surface area contributed by atoms with Gasteiger partial charge in [-0.05, 0) is 36.5 Å². The van der Waals surface area contributed by atoms with E-state index in [-0.39, 0.29) is 0 Å². The molecule has 1 nitrogen and oxygen atoms in total. The molecule has 1 aliphatic carbocycles. The molecule has 2 N–H and O–H groups in total. The maximum atomic E-state index is 6.06. The maximum absolute atomic E-state index is 6.06. The minimum atomic E-state index is 0.388. The van der Waals surface area contributed by atoms with Crippen molar-refractivity contribution in [2.24, 2.45) is 11.7 Å². The highest BCUT2D eigenvalue weighted by molar-refractivity contribution is 8.00. The molecular formula is C15H22ClNS. The van der Waals surface area contributed by atoms with Crippen molar-refractivity contribution in [2.45, 2.75) is 43.1 Å². The van der Waals surface area contributed by atoms with Crippen LogP contribution in [0.1, 0.15) is 43.4 Å². The van der Waals surface area contributed by atoms with Crippen LogP contribution in [0.15, 0.2) is 24.3 Å². The number of hydrogen-bond acceptors (Lipinski definition) is 2. The average molecular weight is 284 g/mol. The topological polar surface area (TPSA) is 26.0 Å². The zero-order valence-electron chi connectivity index (χ0n) is 10.9. The van der Waals surface area contributed by atoms with Gasteiger partial charge in [-0.2, -0.15) is 0 Å². The van der Waals surface area contributed by atoms with Crippen molar-refractivity contribution in [3.8, 4) is 0 Å². The van der Waals surface area contributed by atoms with Crippen LogP contribution in [-0.4, -0.2) is 11.8 Å². The molecule has 0 saturated heterocycles. The Bertz CT molecular complexity index is 383. The molecule has 2 rings (SSSR count). The molecule has 3 atom stereocenters. The minimum absolute atomic E-state index is 0.388. The second kappa shape index (κ2) is 6.83. The standard InChI is InChI=1S/C15H22ClNS/c1-11-4-2-7-14(8-11)18-15(10-17)12-5-3-6-13(16)9-12/h3,5-6,9,11,14-15H,2,4,7-8,10,17H2,1H3. The first-order valence-corrected chi connectivity index (χ1v) is 8.12. The van der Waals surface area contributed by atoms with Crippen LogP contribution in [-0.2, 0) is 0 Å². The second-order valence-corrected chi connectivity index (χ2v) is 7.25. The van der Waals surface area contributed by atoms with E-state index in [4.69, 9.17) is 17.3 Å². The number of benzene rings is 1. The first-order chi connectivity index (χ1) is 8.69. The van der Waals surface area contributed by atoms with Crippen LogP contribution in [0.5, 0.6) is 0 Å². The summed E-state index contributed by atoms with van der Waals surface area (Å²) in [4.78, 5) is 0. The van der Waals surface area contributed by atoms with Gasteiger partial charge in [0.1, 0.15) is 0 Å². The Kier molecular flexibility index (Phi) is 5.40. The maximum Gasteiger partial charge on any atom is 0.0422 e. The van der Waals surface area contributed by atoms with Crippen LogP contribution >= 0.6 is 23.4 Å². The Morgan fingerprint density at radius 2 is 2.28 bits per heavy atom. The molecular weight excluding hydrogens is 262 g/mol. The lowest BCUT2D eigenvalue weighted by molar-refractivity contribution is 0.393. The van der Waals surface area contributed by atoms with Crippen molar-refractivity contribution in [3.05, 3.63) is 34.9 Å². The third kappa shape index (κ3) is 3.91. The van der Waals surface area contributed by atoms with Gasteiger partial charge in [0.15, 0.2) is 0 Å². The molecule has 0 bridgehead atoms. The summed E-state index contributed by atoms with van der Waals surface area (Å²) in [6.45, 7) is 3.06. The molecule has 0 amide bonds. The van der Waals surface area contributed by atoms with Crippen LogP contribution in [0.4, 0.5) is 0 Å². The summed E-state index contributed by atoms with van der Waals surface area (Å²) in [6.07, 6.45) is 5.43. The van der Waals surface area contributed by atoms with Crippen molar-refractivity contribution >= 4 is 23.4 Å². The summed E-state index contributed by atoms with van der Waals surface area (Å²) in [5.41, 5.74) is 7.21. The third-order valence-corrected chi connectivity index (χ3v) is 5.52. The zero-order chi connectivity index (χ0) is 13.0. The van der Waals surface area contributed by atoms with Gasteiger partial charge in [0.25, 0.3) is 0 Å². The van der Waals surface area contributed by atoms with Crippen molar-refractivity contribution in [3.63, 3.8) is 0 Å². The zero-order valence-corrected chi connectivity index (χ0v) is 12.5. The molecule has 3 unspecified atom stereocenters. The highest BCUT2D eigenvalue weighted by Gasteiger charge is 2.23. The van der Waals surface area contributed by atoms with E-state index in [2.05, 4.69) is 19.1 Å². The van der Waals surface area contributed by atoms with Gasteiger partial charge < -0.3 is 5.73 Å². The first kappa shape index (κ1) is 14.2. The molecule has 0 aromatic heterocycles. The summed E-state index contributed by atoms with van der Waals surface area (Å²) in [6, 6.07) is 8.14.